The maximum Gasteiger partial charge on any atom is 0.0735 e. The number of aliphatic hydroxyl groups is 1. The third-order valence-corrected chi connectivity index (χ3v) is 3.88. The van der Waals surface area contributed by atoms with Crippen molar-refractivity contribution in [3.8, 4) is 0 Å². The Hall–Kier alpha value is -0.860. The minimum atomic E-state index is -0.0614. The van der Waals surface area contributed by atoms with Crippen LogP contribution in [-0.2, 0) is 6.54 Å². The first-order chi connectivity index (χ1) is 7.34. The van der Waals surface area contributed by atoms with Gasteiger partial charge in [0.25, 0.3) is 0 Å². The van der Waals surface area contributed by atoms with Crippen molar-refractivity contribution >= 4 is 0 Å². The van der Waals surface area contributed by atoms with Gasteiger partial charge in [-0.05, 0) is 24.3 Å². The zero-order valence-electron chi connectivity index (χ0n) is 8.84. The van der Waals surface area contributed by atoms with Crippen LogP contribution in [0.5, 0.6) is 0 Å². The number of hydrogen-bond donors (Lipinski definition) is 1. The van der Waals surface area contributed by atoms with Crippen molar-refractivity contribution in [2.45, 2.75) is 31.5 Å². The first-order valence-corrected chi connectivity index (χ1v) is 5.80. The van der Waals surface area contributed by atoms with E-state index in [9.17, 15) is 5.11 Å². The molecule has 0 spiro atoms. The summed E-state index contributed by atoms with van der Waals surface area (Å²) in [6.45, 7) is 2.08. The fourth-order valence-corrected chi connectivity index (χ4v) is 3.07. The molecule has 0 radical (unpaired) electrons. The molecule has 2 fully saturated rings. The predicted octanol–water partition coefficient (Wildman–Crippen LogP) is 1.64. The number of likely N-dealkylation sites (tertiary alicyclic amines) is 1. The van der Waals surface area contributed by atoms with Gasteiger partial charge in [0.2, 0.25) is 0 Å². The molecule has 1 saturated carbocycles. The van der Waals surface area contributed by atoms with Gasteiger partial charge in [-0.2, -0.15) is 0 Å². The smallest absolute Gasteiger partial charge is 0.0735 e. The standard InChI is InChI=1S/C13H17NO/c15-13-11-6-7-12(13)14(9-11)8-10-4-2-1-3-5-10/h1-5,11-13,15H,6-9H2/t11-,12+,13-/m0/s1. The van der Waals surface area contributed by atoms with E-state index in [1.807, 2.05) is 0 Å². The van der Waals surface area contributed by atoms with Crippen molar-refractivity contribution in [3.05, 3.63) is 35.9 Å². The van der Waals surface area contributed by atoms with Crippen LogP contribution in [-0.4, -0.2) is 28.7 Å². The van der Waals surface area contributed by atoms with Crippen LogP contribution >= 0.6 is 0 Å². The molecule has 2 aliphatic rings. The fourth-order valence-electron chi connectivity index (χ4n) is 3.07. The molecular formula is C13H17NO. The van der Waals surface area contributed by atoms with Gasteiger partial charge in [0, 0.05) is 19.1 Å². The maximum absolute atomic E-state index is 9.94. The molecule has 0 unspecified atom stereocenters. The number of aliphatic hydroxyl groups excluding tert-OH is 1. The maximum atomic E-state index is 9.94. The highest BCUT2D eigenvalue weighted by atomic mass is 16.3. The molecule has 3 rings (SSSR count). The molecule has 1 N–H and O–H groups in total. The number of hydrogen-bond acceptors (Lipinski definition) is 2. The summed E-state index contributed by atoms with van der Waals surface area (Å²) >= 11 is 0. The second-order valence-corrected chi connectivity index (χ2v) is 4.81. The van der Waals surface area contributed by atoms with Crippen molar-refractivity contribution in [2.24, 2.45) is 5.92 Å². The van der Waals surface area contributed by atoms with E-state index in [4.69, 9.17) is 0 Å². The van der Waals surface area contributed by atoms with Crippen molar-refractivity contribution < 1.29 is 5.11 Å². The van der Waals surface area contributed by atoms with Crippen LogP contribution in [0.15, 0.2) is 30.3 Å². The molecule has 15 heavy (non-hydrogen) atoms. The van der Waals surface area contributed by atoms with E-state index in [0.717, 1.165) is 13.1 Å². The Morgan fingerprint density at radius 3 is 2.60 bits per heavy atom. The summed E-state index contributed by atoms with van der Waals surface area (Å²) in [7, 11) is 0. The summed E-state index contributed by atoms with van der Waals surface area (Å²) in [5.41, 5.74) is 1.36. The lowest BCUT2D eigenvalue weighted by Crippen LogP contribution is -2.33. The number of piperidine rings is 1. The van der Waals surface area contributed by atoms with Gasteiger partial charge >= 0.3 is 0 Å². The Balaban J connectivity index is 1.71. The highest BCUT2D eigenvalue weighted by Gasteiger charge is 2.45. The average molecular weight is 203 g/mol. The van der Waals surface area contributed by atoms with E-state index in [0.29, 0.717) is 12.0 Å². The second kappa shape index (κ2) is 3.62. The van der Waals surface area contributed by atoms with Crippen LogP contribution in [0.1, 0.15) is 18.4 Å². The monoisotopic (exact) mass is 203 g/mol. The van der Waals surface area contributed by atoms with Gasteiger partial charge in [0.05, 0.1) is 6.10 Å². The van der Waals surface area contributed by atoms with Gasteiger partial charge in [-0.1, -0.05) is 30.3 Å². The van der Waals surface area contributed by atoms with Crippen molar-refractivity contribution in [3.63, 3.8) is 0 Å². The van der Waals surface area contributed by atoms with Gasteiger partial charge < -0.3 is 5.11 Å². The normalized spacial score (nSPS) is 34.9. The number of nitrogens with zero attached hydrogens (tertiary/aromatic N) is 1. The number of rotatable bonds is 2. The largest absolute Gasteiger partial charge is 0.391 e. The van der Waals surface area contributed by atoms with Crippen LogP contribution in [0.4, 0.5) is 0 Å². The van der Waals surface area contributed by atoms with Crippen LogP contribution in [0.3, 0.4) is 0 Å². The Labute approximate surface area is 90.5 Å². The molecule has 2 heteroatoms. The highest BCUT2D eigenvalue weighted by Crippen LogP contribution is 2.38. The molecule has 3 atom stereocenters. The molecule has 2 bridgehead atoms. The van der Waals surface area contributed by atoms with Crippen molar-refractivity contribution in [1.82, 2.24) is 4.90 Å². The summed E-state index contributed by atoms with van der Waals surface area (Å²) in [5.74, 6) is 0.540. The molecular weight excluding hydrogens is 186 g/mol. The first-order valence-electron chi connectivity index (χ1n) is 5.80. The Kier molecular flexibility index (Phi) is 2.26. The zero-order chi connectivity index (χ0) is 10.3. The molecule has 1 aliphatic heterocycles. The van der Waals surface area contributed by atoms with Gasteiger partial charge in [0.1, 0.15) is 0 Å². The van der Waals surface area contributed by atoms with Crippen LogP contribution in [0.2, 0.25) is 0 Å². The van der Waals surface area contributed by atoms with Crippen LogP contribution in [0, 0.1) is 5.92 Å². The van der Waals surface area contributed by atoms with Gasteiger partial charge in [-0.3, -0.25) is 4.90 Å². The topological polar surface area (TPSA) is 23.5 Å². The van der Waals surface area contributed by atoms with Crippen molar-refractivity contribution in [2.75, 3.05) is 6.54 Å². The summed E-state index contributed by atoms with van der Waals surface area (Å²) < 4.78 is 0. The Morgan fingerprint density at radius 2 is 2.00 bits per heavy atom. The third-order valence-electron chi connectivity index (χ3n) is 3.88. The highest BCUT2D eigenvalue weighted by molar-refractivity contribution is 5.15. The lowest BCUT2D eigenvalue weighted by Gasteiger charge is -2.26. The lowest BCUT2D eigenvalue weighted by molar-refractivity contribution is 0.121. The van der Waals surface area contributed by atoms with Gasteiger partial charge in [-0.25, -0.2) is 0 Å². The molecule has 80 valence electrons. The van der Waals surface area contributed by atoms with E-state index in [1.165, 1.54) is 18.4 Å². The molecule has 2 nitrogen and oxygen atoms in total. The first kappa shape index (κ1) is 9.37. The van der Waals surface area contributed by atoms with Crippen LogP contribution in [0.25, 0.3) is 0 Å². The molecule has 1 heterocycles. The quantitative estimate of drug-likeness (QED) is 0.790. The van der Waals surface area contributed by atoms with E-state index < -0.39 is 0 Å². The minimum absolute atomic E-state index is 0.0614. The fraction of sp³-hybridized carbons (Fsp3) is 0.538. The Morgan fingerprint density at radius 1 is 1.20 bits per heavy atom. The van der Waals surface area contributed by atoms with Gasteiger partial charge in [-0.15, -0.1) is 0 Å². The number of fused-ring (bicyclic) bond motifs is 2. The average Bonchev–Trinajstić information content (AvgIpc) is 2.75. The van der Waals surface area contributed by atoms with E-state index in [1.54, 1.807) is 0 Å². The van der Waals surface area contributed by atoms with Crippen LogP contribution < -0.4 is 0 Å². The molecule has 0 amide bonds. The van der Waals surface area contributed by atoms with Gasteiger partial charge in [0.15, 0.2) is 0 Å². The lowest BCUT2D eigenvalue weighted by atomic mass is 10.1. The van der Waals surface area contributed by atoms with E-state index in [2.05, 4.69) is 35.2 Å². The van der Waals surface area contributed by atoms with E-state index >= 15 is 0 Å². The van der Waals surface area contributed by atoms with E-state index in [-0.39, 0.29) is 6.10 Å². The third kappa shape index (κ3) is 1.58. The molecule has 1 aliphatic carbocycles. The predicted molar refractivity (Wildman–Crippen MR) is 59.4 cm³/mol. The molecule has 1 aromatic rings. The SMILES string of the molecule is O[C@H]1[C@H]2CC[C@H]1N(Cc1ccccc1)C2. The molecule has 0 aromatic heterocycles. The molecule has 1 saturated heterocycles. The summed E-state index contributed by atoms with van der Waals surface area (Å²) in [4.78, 5) is 2.44. The summed E-state index contributed by atoms with van der Waals surface area (Å²) in [5, 5.41) is 9.94. The molecule has 1 aromatic carbocycles. The summed E-state index contributed by atoms with van der Waals surface area (Å²) in [6, 6.07) is 11.0. The minimum Gasteiger partial charge on any atom is -0.391 e. The zero-order valence-corrected chi connectivity index (χ0v) is 8.84. The Bertz CT molecular complexity index is 338. The summed E-state index contributed by atoms with van der Waals surface area (Å²) in [6.07, 6.45) is 2.34. The van der Waals surface area contributed by atoms with Crippen molar-refractivity contribution in [1.29, 1.82) is 0 Å². The number of benzene rings is 1. The second-order valence-electron chi connectivity index (χ2n) is 4.81.